The zero-order chi connectivity index (χ0) is 13.1. The highest BCUT2D eigenvalue weighted by atomic mass is 35.5. The van der Waals surface area contributed by atoms with Crippen molar-refractivity contribution in [1.29, 1.82) is 0 Å². The third-order valence-corrected chi connectivity index (χ3v) is 2.88. The van der Waals surface area contributed by atoms with E-state index in [2.05, 4.69) is 5.32 Å². The Morgan fingerprint density at radius 3 is 2.50 bits per heavy atom. The van der Waals surface area contributed by atoms with E-state index in [4.69, 9.17) is 17.3 Å². The highest BCUT2D eigenvalue weighted by Gasteiger charge is 2.10. The summed E-state index contributed by atoms with van der Waals surface area (Å²) < 4.78 is 0. The van der Waals surface area contributed by atoms with Crippen molar-refractivity contribution in [2.24, 2.45) is 0 Å². The largest absolute Gasteiger partial charge is 0.399 e. The second kappa shape index (κ2) is 5.10. The summed E-state index contributed by atoms with van der Waals surface area (Å²) in [6.45, 7) is 1.85. The number of nitrogen functional groups attached to an aromatic ring is 1. The molecule has 4 heteroatoms. The Bertz CT molecular complexity index is 559. The van der Waals surface area contributed by atoms with E-state index in [-0.39, 0.29) is 5.91 Å². The van der Waals surface area contributed by atoms with Crippen molar-refractivity contribution in [3.05, 3.63) is 58.6 Å². The second-order valence-electron chi connectivity index (χ2n) is 4.01. The van der Waals surface area contributed by atoms with Crippen LogP contribution < -0.4 is 11.1 Å². The molecule has 0 bridgehead atoms. The highest BCUT2D eigenvalue weighted by molar-refractivity contribution is 6.34. The highest BCUT2D eigenvalue weighted by Crippen LogP contribution is 2.28. The van der Waals surface area contributed by atoms with Gasteiger partial charge in [0.15, 0.2) is 0 Å². The molecule has 2 rings (SSSR count). The first-order valence-corrected chi connectivity index (χ1v) is 5.88. The molecule has 0 atom stereocenters. The van der Waals surface area contributed by atoms with Gasteiger partial charge in [0.25, 0.3) is 5.91 Å². The maximum absolute atomic E-state index is 12.0. The first kappa shape index (κ1) is 12.5. The lowest BCUT2D eigenvalue weighted by Gasteiger charge is -2.11. The molecule has 0 saturated heterocycles. The van der Waals surface area contributed by atoms with Crippen LogP contribution in [0.4, 0.5) is 11.4 Å². The van der Waals surface area contributed by atoms with Gasteiger partial charge in [-0.25, -0.2) is 0 Å². The van der Waals surface area contributed by atoms with Crippen molar-refractivity contribution in [3.63, 3.8) is 0 Å². The lowest BCUT2D eigenvalue weighted by Crippen LogP contribution is -2.13. The summed E-state index contributed by atoms with van der Waals surface area (Å²) in [6.07, 6.45) is 0. The predicted molar refractivity (Wildman–Crippen MR) is 75.0 cm³/mol. The van der Waals surface area contributed by atoms with Crippen LogP contribution >= 0.6 is 11.6 Å². The van der Waals surface area contributed by atoms with Crippen LogP contribution in [-0.4, -0.2) is 5.91 Å². The number of nitrogens with two attached hydrogens (primary N) is 1. The minimum Gasteiger partial charge on any atom is -0.399 e. The number of carbonyl (C=O) groups excluding carboxylic acids is 1. The molecule has 0 fully saturated rings. The van der Waals surface area contributed by atoms with Crippen LogP contribution in [0.1, 0.15) is 15.9 Å². The Kier molecular flexibility index (Phi) is 3.53. The number of carbonyl (C=O) groups is 1. The molecule has 2 aromatic rings. The SMILES string of the molecule is Cc1cc(N)cc(Cl)c1NC(=O)c1ccccc1. The number of nitrogens with one attached hydrogen (secondary N) is 1. The Morgan fingerprint density at radius 1 is 1.22 bits per heavy atom. The molecular weight excluding hydrogens is 248 g/mol. The quantitative estimate of drug-likeness (QED) is 0.812. The maximum Gasteiger partial charge on any atom is 0.255 e. The standard InChI is InChI=1S/C14H13ClN2O/c1-9-7-11(16)8-12(15)13(9)17-14(18)10-5-3-2-4-6-10/h2-8H,16H2,1H3,(H,17,18). The topological polar surface area (TPSA) is 55.1 Å². The van der Waals surface area contributed by atoms with Crippen LogP contribution in [0.15, 0.2) is 42.5 Å². The molecule has 0 heterocycles. The van der Waals surface area contributed by atoms with Gasteiger partial charge < -0.3 is 11.1 Å². The minimum atomic E-state index is -0.189. The fourth-order valence-corrected chi connectivity index (χ4v) is 2.03. The number of hydrogen-bond donors (Lipinski definition) is 2. The molecule has 0 unspecified atom stereocenters. The van der Waals surface area contributed by atoms with Crippen LogP contribution in [0.25, 0.3) is 0 Å². The van der Waals surface area contributed by atoms with Crippen molar-refractivity contribution in [3.8, 4) is 0 Å². The zero-order valence-electron chi connectivity index (χ0n) is 9.91. The summed E-state index contributed by atoms with van der Waals surface area (Å²) in [5.74, 6) is -0.189. The molecule has 3 nitrogen and oxygen atoms in total. The van der Waals surface area contributed by atoms with Gasteiger partial charge in [0.05, 0.1) is 10.7 Å². The normalized spacial score (nSPS) is 10.1. The summed E-state index contributed by atoms with van der Waals surface area (Å²) in [4.78, 5) is 12.0. The first-order valence-electron chi connectivity index (χ1n) is 5.50. The number of aryl methyl sites for hydroxylation is 1. The van der Waals surface area contributed by atoms with Gasteiger partial charge in [-0.3, -0.25) is 4.79 Å². The van der Waals surface area contributed by atoms with Gasteiger partial charge in [0.1, 0.15) is 0 Å². The first-order chi connectivity index (χ1) is 8.58. The minimum absolute atomic E-state index is 0.189. The summed E-state index contributed by atoms with van der Waals surface area (Å²) in [6, 6.07) is 12.4. The lowest BCUT2D eigenvalue weighted by atomic mass is 10.1. The number of benzene rings is 2. The monoisotopic (exact) mass is 260 g/mol. The van der Waals surface area contributed by atoms with E-state index in [1.807, 2.05) is 25.1 Å². The molecule has 0 aromatic heterocycles. The van der Waals surface area contributed by atoms with E-state index in [1.54, 1.807) is 24.3 Å². The number of amides is 1. The molecule has 0 aliphatic heterocycles. The summed E-state index contributed by atoms with van der Waals surface area (Å²) in [7, 11) is 0. The van der Waals surface area contributed by atoms with Gasteiger partial charge in [0, 0.05) is 11.3 Å². The lowest BCUT2D eigenvalue weighted by molar-refractivity contribution is 0.102. The number of anilines is 2. The molecule has 2 aromatic carbocycles. The number of halogens is 1. The van der Waals surface area contributed by atoms with E-state index in [9.17, 15) is 4.79 Å². The Labute approximate surface area is 111 Å². The third kappa shape index (κ3) is 2.63. The molecule has 3 N–H and O–H groups in total. The van der Waals surface area contributed by atoms with Gasteiger partial charge in [0.2, 0.25) is 0 Å². The average molecular weight is 261 g/mol. The van der Waals surface area contributed by atoms with Gasteiger partial charge in [-0.1, -0.05) is 29.8 Å². The molecule has 0 spiro atoms. The Hall–Kier alpha value is -2.00. The van der Waals surface area contributed by atoms with Crippen LogP contribution in [-0.2, 0) is 0 Å². The predicted octanol–water partition coefficient (Wildman–Crippen LogP) is 3.48. The van der Waals surface area contributed by atoms with Crippen molar-refractivity contribution < 1.29 is 4.79 Å². The van der Waals surface area contributed by atoms with Crippen molar-refractivity contribution in [1.82, 2.24) is 0 Å². The van der Waals surface area contributed by atoms with Gasteiger partial charge >= 0.3 is 0 Å². The molecule has 92 valence electrons. The van der Waals surface area contributed by atoms with Crippen molar-refractivity contribution >= 4 is 28.9 Å². The van der Waals surface area contributed by atoms with E-state index < -0.39 is 0 Å². The Morgan fingerprint density at radius 2 is 1.89 bits per heavy atom. The molecule has 18 heavy (non-hydrogen) atoms. The molecule has 0 saturated carbocycles. The van der Waals surface area contributed by atoms with E-state index in [1.165, 1.54) is 0 Å². The third-order valence-electron chi connectivity index (χ3n) is 2.58. The smallest absolute Gasteiger partial charge is 0.255 e. The molecular formula is C14H13ClN2O. The summed E-state index contributed by atoms with van der Waals surface area (Å²) >= 11 is 6.07. The number of hydrogen-bond acceptors (Lipinski definition) is 2. The maximum atomic E-state index is 12.0. The van der Waals surface area contributed by atoms with Gasteiger partial charge in [-0.15, -0.1) is 0 Å². The summed E-state index contributed by atoms with van der Waals surface area (Å²) in [5, 5.41) is 3.24. The molecule has 0 radical (unpaired) electrons. The van der Waals surface area contributed by atoms with Crippen LogP contribution in [0.2, 0.25) is 5.02 Å². The van der Waals surface area contributed by atoms with E-state index >= 15 is 0 Å². The number of rotatable bonds is 2. The zero-order valence-corrected chi connectivity index (χ0v) is 10.7. The van der Waals surface area contributed by atoms with Gasteiger partial charge in [-0.05, 0) is 36.8 Å². The van der Waals surface area contributed by atoms with Crippen LogP contribution in [0.3, 0.4) is 0 Å². The molecule has 0 aliphatic carbocycles. The Balaban J connectivity index is 2.28. The van der Waals surface area contributed by atoms with E-state index in [0.29, 0.717) is 22.0 Å². The van der Waals surface area contributed by atoms with E-state index in [0.717, 1.165) is 5.56 Å². The molecule has 0 aliphatic rings. The average Bonchev–Trinajstić information content (AvgIpc) is 2.34. The second-order valence-corrected chi connectivity index (χ2v) is 4.42. The van der Waals surface area contributed by atoms with Crippen LogP contribution in [0, 0.1) is 6.92 Å². The molecule has 1 amide bonds. The fourth-order valence-electron chi connectivity index (χ4n) is 1.70. The van der Waals surface area contributed by atoms with Gasteiger partial charge in [-0.2, -0.15) is 0 Å². The van der Waals surface area contributed by atoms with Crippen molar-refractivity contribution in [2.75, 3.05) is 11.1 Å². The fraction of sp³-hybridized carbons (Fsp3) is 0.0714. The van der Waals surface area contributed by atoms with Crippen LogP contribution in [0.5, 0.6) is 0 Å². The summed E-state index contributed by atoms with van der Waals surface area (Å²) in [5.41, 5.74) is 8.27. The van der Waals surface area contributed by atoms with Crippen molar-refractivity contribution in [2.45, 2.75) is 6.92 Å².